The summed E-state index contributed by atoms with van der Waals surface area (Å²) in [6.45, 7) is 5.09. The minimum absolute atomic E-state index is 0.252. The number of carboxylic acid groups (broad SMARTS) is 1. The number of carboxylic acids is 1. The molecule has 1 fully saturated rings. The lowest BCUT2D eigenvalue weighted by Crippen LogP contribution is -2.51. The number of rotatable bonds is 5. The Morgan fingerprint density at radius 1 is 1.18 bits per heavy atom. The van der Waals surface area contributed by atoms with Crippen molar-refractivity contribution in [2.24, 2.45) is 0 Å². The zero-order valence-electron chi connectivity index (χ0n) is 15.9. The highest BCUT2D eigenvalue weighted by molar-refractivity contribution is 5.77. The first kappa shape index (κ1) is 18.2. The van der Waals surface area contributed by atoms with Gasteiger partial charge in [-0.25, -0.2) is 4.79 Å². The van der Waals surface area contributed by atoms with Crippen molar-refractivity contribution in [3.63, 3.8) is 0 Å². The van der Waals surface area contributed by atoms with Gasteiger partial charge in [0, 0.05) is 37.7 Å². The van der Waals surface area contributed by atoms with Gasteiger partial charge in [0.25, 0.3) is 0 Å². The Labute approximate surface area is 162 Å². The quantitative estimate of drug-likeness (QED) is 0.725. The SMILES string of the molecule is CC(C)c1ccn(C2(C(=O)O)CCN(c3nc(-c4ccccc4)no3)CC2)n1. The Hall–Kier alpha value is -3.16. The summed E-state index contributed by atoms with van der Waals surface area (Å²) in [6, 6.07) is 11.9. The fourth-order valence-electron chi connectivity index (χ4n) is 3.54. The first-order valence-corrected chi connectivity index (χ1v) is 9.43. The maximum Gasteiger partial charge on any atom is 0.331 e. The van der Waals surface area contributed by atoms with Gasteiger partial charge in [-0.05, 0) is 12.0 Å². The molecule has 2 aromatic heterocycles. The van der Waals surface area contributed by atoms with E-state index in [2.05, 4.69) is 15.2 Å². The fraction of sp³-hybridized carbons (Fsp3) is 0.400. The molecule has 0 unspecified atom stereocenters. The van der Waals surface area contributed by atoms with Crippen molar-refractivity contribution < 1.29 is 14.4 Å². The van der Waals surface area contributed by atoms with Gasteiger partial charge in [0.15, 0.2) is 5.54 Å². The molecule has 1 saturated heterocycles. The van der Waals surface area contributed by atoms with Crippen LogP contribution in [0.3, 0.4) is 0 Å². The van der Waals surface area contributed by atoms with Crippen molar-refractivity contribution in [3.8, 4) is 11.4 Å². The molecule has 3 aromatic rings. The third-order valence-corrected chi connectivity index (χ3v) is 5.35. The van der Waals surface area contributed by atoms with E-state index >= 15 is 0 Å². The summed E-state index contributed by atoms with van der Waals surface area (Å²) < 4.78 is 7.04. The Kier molecular flexibility index (Phi) is 4.62. The van der Waals surface area contributed by atoms with Crippen LogP contribution in [0, 0.1) is 0 Å². The lowest BCUT2D eigenvalue weighted by Gasteiger charge is -2.38. The smallest absolute Gasteiger partial charge is 0.331 e. The van der Waals surface area contributed by atoms with Crippen molar-refractivity contribution in [2.45, 2.75) is 38.1 Å². The minimum atomic E-state index is -1.05. The van der Waals surface area contributed by atoms with Crippen LogP contribution in [0.5, 0.6) is 0 Å². The number of nitrogens with zero attached hydrogens (tertiary/aromatic N) is 5. The highest BCUT2D eigenvalue weighted by atomic mass is 16.5. The minimum Gasteiger partial charge on any atom is -0.479 e. The highest BCUT2D eigenvalue weighted by Crippen LogP contribution is 2.33. The first-order chi connectivity index (χ1) is 13.5. The van der Waals surface area contributed by atoms with Gasteiger partial charge in [0.05, 0.1) is 5.69 Å². The molecule has 0 spiro atoms. The van der Waals surface area contributed by atoms with E-state index in [-0.39, 0.29) is 5.92 Å². The van der Waals surface area contributed by atoms with Gasteiger partial charge in [-0.2, -0.15) is 10.1 Å². The molecule has 0 amide bonds. The van der Waals surface area contributed by atoms with Crippen molar-refractivity contribution in [1.82, 2.24) is 19.9 Å². The number of aromatic nitrogens is 4. The lowest BCUT2D eigenvalue weighted by molar-refractivity contribution is -0.149. The molecule has 1 aliphatic rings. The number of hydrogen-bond donors (Lipinski definition) is 1. The molecule has 1 aliphatic heterocycles. The second-order valence-corrected chi connectivity index (χ2v) is 7.43. The predicted molar refractivity (Wildman–Crippen MR) is 103 cm³/mol. The van der Waals surface area contributed by atoms with Gasteiger partial charge in [0.2, 0.25) is 5.82 Å². The van der Waals surface area contributed by atoms with Crippen LogP contribution >= 0.6 is 0 Å². The molecule has 0 radical (unpaired) electrons. The van der Waals surface area contributed by atoms with Crippen molar-refractivity contribution >= 4 is 12.0 Å². The van der Waals surface area contributed by atoms with E-state index in [9.17, 15) is 9.90 Å². The van der Waals surface area contributed by atoms with Crippen LogP contribution in [0.4, 0.5) is 6.01 Å². The lowest BCUT2D eigenvalue weighted by atomic mass is 9.88. The first-order valence-electron chi connectivity index (χ1n) is 9.43. The summed E-state index contributed by atoms with van der Waals surface area (Å²) in [5.74, 6) is -0.0811. The molecule has 8 heteroatoms. The number of anilines is 1. The average molecular weight is 381 g/mol. The Morgan fingerprint density at radius 2 is 1.89 bits per heavy atom. The van der Waals surface area contributed by atoms with Crippen LogP contribution in [-0.2, 0) is 10.3 Å². The van der Waals surface area contributed by atoms with E-state index in [1.807, 2.05) is 55.1 Å². The van der Waals surface area contributed by atoms with E-state index in [1.54, 1.807) is 10.9 Å². The normalized spacial score (nSPS) is 16.5. The van der Waals surface area contributed by atoms with Gasteiger partial charge in [-0.3, -0.25) is 4.68 Å². The Bertz CT molecular complexity index is 955. The van der Waals surface area contributed by atoms with Gasteiger partial charge in [-0.1, -0.05) is 49.3 Å². The zero-order valence-corrected chi connectivity index (χ0v) is 15.9. The summed E-state index contributed by atoms with van der Waals surface area (Å²) in [6.07, 6.45) is 2.59. The molecular weight excluding hydrogens is 358 g/mol. The number of carbonyl (C=O) groups is 1. The molecular formula is C20H23N5O3. The van der Waals surface area contributed by atoms with Crippen LogP contribution in [0.1, 0.15) is 38.3 Å². The third-order valence-electron chi connectivity index (χ3n) is 5.35. The second kappa shape index (κ2) is 7.10. The van der Waals surface area contributed by atoms with Gasteiger partial charge in [-0.15, -0.1) is 0 Å². The van der Waals surface area contributed by atoms with Crippen molar-refractivity contribution in [3.05, 3.63) is 48.3 Å². The molecule has 0 bridgehead atoms. The summed E-state index contributed by atoms with van der Waals surface area (Å²) in [5, 5.41) is 18.6. The monoisotopic (exact) mass is 381 g/mol. The maximum atomic E-state index is 12.2. The summed E-state index contributed by atoms with van der Waals surface area (Å²) in [5.41, 5.74) is 0.728. The molecule has 8 nitrogen and oxygen atoms in total. The topological polar surface area (TPSA) is 97.3 Å². The Morgan fingerprint density at radius 3 is 2.50 bits per heavy atom. The molecule has 146 valence electrons. The highest BCUT2D eigenvalue weighted by Gasteiger charge is 2.45. The number of benzene rings is 1. The molecule has 1 aromatic carbocycles. The molecule has 3 heterocycles. The zero-order chi connectivity index (χ0) is 19.7. The van der Waals surface area contributed by atoms with E-state index in [4.69, 9.17) is 4.52 Å². The largest absolute Gasteiger partial charge is 0.479 e. The van der Waals surface area contributed by atoms with E-state index < -0.39 is 11.5 Å². The predicted octanol–water partition coefficient (Wildman–Crippen LogP) is 3.14. The average Bonchev–Trinajstić information content (AvgIpc) is 3.39. The van der Waals surface area contributed by atoms with Crippen LogP contribution < -0.4 is 4.90 Å². The fourth-order valence-corrected chi connectivity index (χ4v) is 3.54. The number of aliphatic carboxylic acids is 1. The van der Waals surface area contributed by atoms with Crippen molar-refractivity contribution in [2.75, 3.05) is 18.0 Å². The molecule has 4 rings (SSSR count). The molecule has 0 atom stereocenters. The summed E-state index contributed by atoms with van der Waals surface area (Å²) in [7, 11) is 0. The van der Waals surface area contributed by atoms with Crippen LogP contribution in [-0.4, -0.2) is 44.1 Å². The number of piperidine rings is 1. The molecule has 28 heavy (non-hydrogen) atoms. The summed E-state index contributed by atoms with van der Waals surface area (Å²) in [4.78, 5) is 18.6. The van der Waals surface area contributed by atoms with Gasteiger partial charge in [0.1, 0.15) is 0 Å². The Balaban J connectivity index is 1.52. The third kappa shape index (κ3) is 3.15. The van der Waals surface area contributed by atoms with Gasteiger partial charge >= 0.3 is 12.0 Å². The number of hydrogen-bond acceptors (Lipinski definition) is 6. The molecule has 1 N–H and O–H groups in total. The standard InChI is InChI=1S/C20H23N5O3/c1-14(2)16-8-11-25(22-16)20(18(26)27)9-12-24(13-10-20)19-21-17(23-28-19)15-6-4-3-5-7-15/h3-8,11,14H,9-10,12-13H2,1-2H3,(H,26,27). The maximum absolute atomic E-state index is 12.2. The van der Waals surface area contributed by atoms with Gasteiger partial charge < -0.3 is 14.5 Å². The van der Waals surface area contributed by atoms with E-state index in [0.29, 0.717) is 37.8 Å². The van der Waals surface area contributed by atoms with Crippen molar-refractivity contribution in [1.29, 1.82) is 0 Å². The molecule has 0 saturated carbocycles. The van der Waals surface area contributed by atoms with E-state index in [0.717, 1.165) is 11.3 Å². The van der Waals surface area contributed by atoms with Crippen LogP contribution in [0.15, 0.2) is 47.1 Å². The van der Waals surface area contributed by atoms with E-state index in [1.165, 1.54) is 0 Å². The van der Waals surface area contributed by atoms with Crippen LogP contribution in [0.2, 0.25) is 0 Å². The van der Waals surface area contributed by atoms with Crippen LogP contribution in [0.25, 0.3) is 11.4 Å². The summed E-state index contributed by atoms with van der Waals surface area (Å²) >= 11 is 0. The molecule has 0 aliphatic carbocycles. The second-order valence-electron chi connectivity index (χ2n) is 7.43.